The van der Waals surface area contributed by atoms with Gasteiger partial charge in [0.1, 0.15) is 11.3 Å². The van der Waals surface area contributed by atoms with E-state index in [4.69, 9.17) is 21.8 Å². The predicted molar refractivity (Wildman–Crippen MR) is 45.8 cm³/mol. The van der Waals surface area contributed by atoms with E-state index in [1.165, 1.54) is 18.2 Å². The van der Waals surface area contributed by atoms with Gasteiger partial charge in [-0.2, -0.15) is 0 Å². The number of carboxylic acid groups (broad SMARTS) is 1. The number of carboxylic acids is 1. The number of aromatic carboxylic acids is 1. The van der Waals surface area contributed by atoms with Crippen LogP contribution in [0.4, 0.5) is 0 Å². The molecule has 59 valence electrons. The minimum absolute atomic E-state index is 0. The van der Waals surface area contributed by atoms with Crippen molar-refractivity contribution in [2.24, 2.45) is 0 Å². The third kappa shape index (κ3) is 2.45. The van der Waals surface area contributed by atoms with Crippen LogP contribution in [0.3, 0.4) is 0 Å². The summed E-state index contributed by atoms with van der Waals surface area (Å²) in [7, 11) is 0. The Hall–Kier alpha value is -0.623. The first-order valence-corrected chi connectivity index (χ1v) is 3.21. The molecule has 0 bridgehead atoms. The molecule has 0 atom stereocenters. The zero-order chi connectivity index (χ0) is 8.43. The monoisotopic (exact) mass is 179 g/mol. The van der Waals surface area contributed by atoms with E-state index in [2.05, 4.69) is 0 Å². The molecule has 0 aliphatic heterocycles. The van der Waals surface area contributed by atoms with E-state index < -0.39 is 5.97 Å². The van der Waals surface area contributed by atoms with Crippen molar-refractivity contribution < 1.29 is 15.0 Å². The Bertz CT molecular complexity index is 301. The number of phenols is 1. The van der Waals surface area contributed by atoms with E-state index in [0.717, 1.165) is 0 Å². The van der Waals surface area contributed by atoms with Crippen molar-refractivity contribution in [3.05, 3.63) is 28.8 Å². The van der Waals surface area contributed by atoms with Crippen LogP contribution in [-0.4, -0.2) is 35.0 Å². The van der Waals surface area contributed by atoms with Gasteiger partial charge in [-0.15, -0.1) is 0 Å². The van der Waals surface area contributed by atoms with Gasteiger partial charge in [-0.1, -0.05) is 11.6 Å². The number of halogens is 1. The molecule has 5 heteroatoms. The van der Waals surface area contributed by atoms with E-state index in [0.29, 0.717) is 5.02 Å². The van der Waals surface area contributed by atoms with Crippen LogP contribution in [0.25, 0.3) is 0 Å². The molecule has 1 radical (unpaired) electrons. The Balaban J connectivity index is 0.00000121. The van der Waals surface area contributed by atoms with Crippen molar-refractivity contribution in [1.29, 1.82) is 0 Å². The first-order valence-electron chi connectivity index (χ1n) is 2.83. The first-order chi connectivity index (χ1) is 5.11. The van der Waals surface area contributed by atoms with Crippen LogP contribution in [-0.2, 0) is 0 Å². The summed E-state index contributed by atoms with van der Waals surface area (Å²) in [4.78, 5) is 10.4. The number of benzene rings is 1. The molecule has 1 rings (SSSR count). The number of hydrogen-bond acceptors (Lipinski definition) is 2. The van der Waals surface area contributed by atoms with Gasteiger partial charge >= 0.3 is 5.97 Å². The maximum absolute atomic E-state index is 10.4. The molecule has 2 N–H and O–H groups in total. The van der Waals surface area contributed by atoms with Crippen molar-refractivity contribution >= 4 is 36.4 Å². The third-order valence-corrected chi connectivity index (χ3v) is 1.42. The van der Waals surface area contributed by atoms with E-state index >= 15 is 0 Å². The summed E-state index contributed by atoms with van der Waals surface area (Å²) in [6, 6.07) is 3.86. The quantitative estimate of drug-likeness (QED) is 0.640. The topological polar surface area (TPSA) is 57.5 Å². The summed E-state index contributed by atoms with van der Waals surface area (Å²) in [6.07, 6.45) is 0. The van der Waals surface area contributed by atoms with E-state index in [1.54, 1.807) is 0 Å². The predicted octanol–water partition coefficient (Wildman–Crippen LogP) is 1.36. The van der Waals surface area contributed by atoms with E-state index in [1.807, 2.05) is 0 Å². The second-order valence-electron chi connectivity index (χ2n) is 1.97. The van der Waals surface area contributed by atoms with Crippen LogP contribution in [0, 0.1) is 0 Å². The van der Waals surface area contributed by atoms with Gasteiger partial charge in [-0.25, -0.2) is 4.79 Å². The van der Waals surface area contributed by atoms with Gasteiger partial charge in [0.05, 0.1) is 0 Å². The minimum atomic E-state index is -1.19. The molecular weight excluding hydrogens is 174 g/mol. The minimum Gasteiger partial charge on any atom is -0.507 e. The summed E-state index contributed by atoms with van der Waals surface area (Å²) in [5, 5.41) is 17.7. The molecule has 0 unspecified atom stereocenters. The van der Waals surface area contributed by atoms with Gasteiger partial charge in [0.2, 0.25) is 0 Å². The van der Waals surface area contributed by atoms with Crippen molar-refractivity contribution in [3.63, 3.8) is 0 Å². The number of rotatable bonds is 1. The van der Waals surface area contributed by atoms with Gasteiger partial charge in [0, 0.05) is 23.9 Å². The van der Waals surface area contributed by atoms with Crippen LogP contribution in [0.2, 0.25) is 5.02 Å². The maximum atomic E-state index is 10.4. The van der Waals surface area contributed by atoms with Crippen LogP contribution >= 0.6 is 11.6 Å². The largest absolute Gasteiger partial charge is 0.507 e. The molecule has 0 amide bonds. The van der Waals surface area contributed by atoms with Gasteiger partial charge in [0.15, 0.2) is 0 Å². The Labute approximate surface area is 86.1 Å². The fourth-order valence-corrected chi connectivity index (χ4v) is 0.852. The molecule has 3 nitrogen and oxygen atoms in total. The number of hydrogen-bond donors (Lipinski definition) is 2. The van der Waals surface area contributed by atoms with Crippen molar-refractivity contribution in [2.45, 2.75) is 0 Å². The Morgan fingerprint density at radius 1 is 1.42 bits per heavy atom. The van der Waals surface area contributed by atoms with E-state index in [9.17, 15) is 4.79 Å². The van der Waals surface area contributed by atoms with Gasteiger partial charge < -0.3 is 10.2 Å². The van der Waals surface area contributed by atoms with Crippen LogP contribution in [0.1, 0.15) is 10.4 Å². The molecule has 0 fully saturated rings. The van der Waals surface area contributed by atoms with Crippen LogP contribution in [0.5, 0.6) is 5.75 Å². The summed E-state index contributed by atoms with van der Waals surface area (Å²) in [5.74, 6) is -1.47. The first kappa shape index (κ1) is 11.4. The molecule has 0 spiro atoms. The molecule has 0 saturated carbocycles. The van der Waals surface area contributed by atoms with Crippen LogP contribution < -0.4 is 0 Å². The Morgan fingerprint density at radius 2 is 2.00 bits per heavy atom. The molecule has 0 aliphatic carbocycles. The average molecular weight is 180 g/mol. The molecule has 0 heterocycles. The molecular formula is C7H5ClLiO3. The van der Waals surface area contributed by atoms with Crippen molar-refractivity contribution in [1.82, 2.24) is 0 Å². The standard InChI is InChI=1S/C7H5ClO3.Li/c8-4-1-2-6(9)5(3-4)7(10)11;/h1-3,9H,(H,10,11);. The Morgan fingerprint density at radius 3 is 2.42 bits per heavy atom. The fraction of sp³-hybridized carbons (Fsp3) is 0. The molecule has 0 aromatic heterocycles. The summed E-state index contributed by atoms with van der Waals surface area (Å²) >= 11 is 5.49. The molecule has 0 saturated heterocycles. The summed E-state index contributed by atoms with van der Waals surface area (Å²) in [5.41, 5.74) is -0.183. The van der Waals surface area contributed by atoms with E-state index in [-0.39, 0.29) is 30.2 Å². The zero-order valence-electron chi connectivity index (χ0n) is 6.41. The Kier molecular flexibility index (Phi) is 4.19. The van der Waals surface area contributed by atoms with Crippen LogP contribution in [0.15, 0.2) is 18.2 Å². The third-order valence-electron chi connectivity index (χ3n) is 1.19. The number of carbonyl (C=O) groups is 1. The average Bonchev–Trinajstić information content (AvgIpc) is 1.94. The SMILES string of the molecule is O=C(O)c1cc(Cl)ccc1O.[Li]. The van der Waals surface area contributed by atoms with Gasteiger partial charge in [-0.3, -0.25) is 0 Å². The smallest absolute Gasteiger partial charge is 0.339 e. The van der Waals surface area contributed by atoms with Gasteiger partial charge in [0.25, 0.3) is 0 Å². The summed E-state index contributed by atoms with van der Waals surface area (Å²) in [6.45, 7) is 0. The second kappa shape index (κ2) is 4.41. The fourth-order valence-electron chi connectivity index (χ4n) is 0.680. The second-order valence-corrected chi connectivity index (χ2v) is 2.40. The molecule has 0 aliphatic rings. The molecule has 12 heavy (non-hydrogen) atoms. The van der Waals surface area contributed by atoms with Crippen molar-refractivity contribution in [3.8, 4) is 5.75 Å². The zero-order valence-corrected chi connectivity index (χ0v) is 7.17. The maximum Gasteiger partial charge on any atom is 0.339 e. The summed E-state index contributed by atoms with van der Waals surface area (Å²) < 4.78 is 0. The van der Waals surface area contributed by atoms with Gasteiger partial charge in [-0.05, 0) is 18.2 Å². The van der Waals surface area contributed by atoms with Crippen molar-refractivity contribution in [2.75, 3.05) is 0 Å². The normalized spacial score (nSPS) is 8.75. The number of aromatic hydroxyl groups is 1. The molecule has 1 aromatic carbocycles. The molecule has 1 aromatic rings.